The third kappa shape index (κ3) is 1.76. The van der Waals surface area contributed by atoms with Crippen molar-refractivity contribution in [1.29, 1.82) is 5.41 Å². The van der Waals surface area contributed by atoms with Crippen molar-refractivity contribution >= 4 is 26.8 Å². The van der Waals surface area contributed by atoms with E-state index in [-0.39, 0.29) is 0 Å². The first-order chi connectivity index (χ1) is 7.24. The summed E-state index contributed by atoms with van der Waals surface area (Å²) >= 11 is 2.99. The van der Waals surface area contributed by atoms with Crippen molar-refractivity contribution in [3.63, 3.8) is 0 Å². The van der Waals surface area contributed by atoms with Gasteiger partial charge in [0, 0.05) is 0 Å². The molecule has 2 nitrogen and oxygen atoms in total. The van der Waals surface area contributed by atoms with Crippen molar-refractivity contribution in [2.45, 2.75) is 0 Å². The van der Waals surface area contributed by atoms with E-state index in [1.807, 2.05) is 31.3 Å². The van der Waals surface area contributed by atoms with Crippen LogP contribution < -0.4 is 4.59 Å². The summed E-state index contributed by atoms with van der Waals surface area (Å²) in [4.78, 5) is 0. The zero-order valence-corrected chi connectivity index (χ0v) is 10.1. The van der Waals surface area contributed by atoms with E-state index in [1.54, 1.807) is 0 Å². The first-order valence-corrected chi connectivity index (χ1v) is 5.52. The fourth-order valence-corrected chi connectivity index (χ4v) is 2.05. The number of rotatable bonds is 2. The third-order valence-corrected chi connectivity index (χ3v) is 3.50. The summed E-state index contributed by atoms with van der Waals surface area (Å²) in [5.41, 5.74) is 3.23. The van der Waals surface area contributed by atoms with Gasteiger partial charge in [-0.25, -0.2) is 0 Å². The molecule has 0 bridgehead atoms. The number of hydrogen-bond acceptors (Lipinski definition) is 1. The van der Waals surface area contributed by atoms with Crippen LogP contribution in [0.5, 0.6) is 0 Å². The van der Waals surface area contributed by atoms with Crippen LogP contribution in [-0.4, -0.2) is 26.8 Å². The minimum absolute atomic E-state index is 0.927. The van der Waals surface area contributed by atoms with E-state index in [0.717, 1.165) is 15.8 Å². The average molecular weight is 262 g/mol. The van der Waals surface area contributed by atoms with Crippen molar-refractivity contribution in [3.05, 3.63) is 42.0 Å². The summed E-state index contributed by atoms with van der Waals surface area (Å²) in [6.07, 6.45) is 1.37. The van der Waals surface area contributed by atoms with Crippen LogP contribution in [0.15, 0.2) is 36.4 Å². The summed E-state index contributed by atoms with van der Waals surface area (Å²) in [7, 11) is 2.00. The van der Waals surface area contributed by atoms with E-state index in [0.29, 0.717) is 0 Å². The molecular formula is C12H11N2Se. The molecule has 0 unspecified atom stereocenters. The van der Waals surface area contributed by atoms with E-state index in [2.05, 4.69) is 32.7 Å². The molecular weight excluding hydrogens is 251 g/mol. The molecule has 3 heteroatoms. The molecule has 0 spiro atoms. The topological polar surface area (TPSA) is 28.8 Å². The second-order valence-electron chi connectivity index (χ2n) is 3.36. The fourth-order valence-electron chi connectivity index (χ4n) is 1.60. The molecule has 0 amide bonds. The van der Waals surface area contributed by atoms with Crippen molar-refractivity contribution in [2.75, 3.05) is 0 Å². The molecule has 1 aromatic carbocycles. The zero-order chi connectivity index (χ0) is 10.8. The van der Waals surface area contributed by atoms with E-state index in [1.165, 1.54) is 11.8 Å². The molecule has 0 saturated carbocycles. The Morgan fingerprint density at radius 1 is 1.27 bits per heavy atom. The predicted molar refractivity (Wildman–Crippen MR) is 64.1 cm³/mol. The van der Waals surface area contributed by atoms with Crippen LogP contribution >= 0.6 is 0 Å². The van der Waals surface area contributed by atoms with Crippen LogP contribution in [0, 0.1) is 5.41 Å². The first kappa shape index (κ1) is 10.2. The molecule has 0 aliphatic carbocycles. The first-order valence-electron chi connectivity index (χ1n) is 4.66. The van der Waals surface area contributed by atoms with Crippen LogP contribution in [0.2, 0.25) is 0 Å². The third-order valence-electron chi connectivity index (χ3n) is 2.43. The Balaban J connectivity index is 2.59. The molecule has 1 heterocycles. The molecule has 1 aromatic heterocycles. The van der Waals surface area contributed by atoms with Gasteiger partial charge in [0.25, 0.3) is 0 Å². The van der Waals surface area contributed by atoms with E-state index in [9.17, 15) is 0 Å². The number of nitrogens with one attached hydrogen (secondary N) is 1. The monoisotopic (exact) mass is 263 g/mol. The molecule has 2 rings (SSSR count). The summed E-state index contributed by atoms with van der Waals surface area (Å²) in [6.45, 7) is 0. The fraction of sp³-hybridized carbons (Fsp3) is 0.0833. The Hall–Kier alpha value is -1.31. The number of hydrogen-bond donors (Lipinski definition) is 1. The Bertz CT molecular complexity index is 486. The van der Waals surface area contributed by atoms with Gasteiger partial charge < -0.3 is 0 Å². The quantitative estimate of drug-likeness (QED) is 0.627. The van der Waals surface area contributed by atoms with Crippen molar-refractivity contribution in [3.8, 4) is 11.3 Å². The molecule has 15 heavy (non-hydrogen) atoms. The Labute approximate surface area is 97.3 Å². The molecule has 2 aromatic rings. The average Bonchev–Trinajstić information content (AvgIpc) is 2.57. The molecule has 1 N–H and O–H groups in total. The van der Waals surface area contributed by atoms with Gasteiger partial charge in [0.15, 0.2) is 0 Å². The molecule has 0 aliphatic heterocycles. The molecule has 1 radical (unpaired) electrons. The van der Waals surface area contributed by atoms with Gasteiger partial charge in [0.1, 0.15) is 0 Å². The van der Waals surface area contributed by atoms with Crippen molar-refractivity contribution < 1.29 is 0 Å². The van der Waals surface area contributed by atoms with Crippen LogP contribution in [0.1, 0.15) is 5.56 Å². The molecule has 0 fully saturated rings. The maximum absolute atomic E-state index is 7.30. The van der Waals surface area contributed by atoms with Gasteiger partial charge in [-0.15, -0.1) is 0 Å². The number of nitrogens with zero attached hydrogens (tertiary/aromatic N) is 1. The van der Waals surface area contributed by atoms with Gasteiger partial charge in [-0.1, -0.05) is 0 Å². The van der Waals surface area contributed by atoms with Gasteiger partial charge in [-0.3, -0.25) is 0 Å². The molecule has 75 valence electrons. The molecule has 0 aliphatic rings. The summed E-state index contributed by atoms with van der Waals surface area (Å²) in [5, 5.41) is 7.30. The second-order valence-corrected chi connectivity index (χ2v) is 4.17. The van der Waals surface area contributed by atoms with Crippen LogP contribution in [0.25, 0.3) is 11.3 Å². The van der Waals surface area contributed by atoms with Crippen LogP contribution in [-0.2, 0) is 7.05 Å². The van der Waals surface area contributed by atoms with E-state index in [4.69, 9.17) is 5.41 Å². The number of benzene rings is 1. The predicted octanol–water partition coefficient (Wildman–Crippen LogP) is 1.48. The van der Waals surface area contributed by atoms with Gasteiger partial charge in [-0.2, -0.15) is 0 Å². The molecule has 0 atom stereocenters. The SMILES string of the molecule is Cn1c(-c2ccccc2)cc(C=N)c1[Se]. The Morgan fingerprint density at radius 2 is 1.93 bits per heavy atom. The van der Waals surface area contributed by atoms with E-state index >= 15 is 0 Å². The summed E-state index contributed by atoms with van der Waals surface area (Å²) in [5.74, 6) is 0. The second kappa shape index (κ2) is 4.05. The summed E-state index contributed by atoms with van der Waals surface area (Å²) < 4.78 is 3.07. The number of aromatic nitrogens is 1. The van der Waals surface area contributed by atoms with Crippen molar-refractivity contribution in [1.82, 2.24) is 4.57 Å². The van der Waals surface area contributed by atoms with Crippen LogP contribution in [0.3, 0.4) is 0 Å². The molecule has 0 saturated heterocycles. The van der Waals surface area contributed by atoms with Gasteiger partial charge >= 0.3 is 97.1 Å². The standard InChI is InChI=1S/C12H11N2Se/c1-14-11(7-10(8-13)12(14)15)9-5-3-2-4-6-9/h2-8,13H,1H3. The van der Waals surface area contributed by atoms with Gasteiger partial charge in [0.05, 0.1) is 0 Å². The normalized spacial score (nSPS) is 10.2. The maximum atomic E-state index is 7.30. The van der Waals surface area contributed by atoms with Crippen LogP contribution in [0.4, 0.5) is 0 Å². The minimum atomic E-state index is 0.927. The van der Waals surface area contributed by atoms with Crippen molar-refractivity contribution in [2.24, 2.45) is 7.05 Å². The van der Waals surface area contributed by atoms with Gasteiger partial charge in [0.2, 0.25) is 0 Å². The van der Waals surface area contributed by atoms with Gasteiger partial charge in [-0.05, 0) is 0 Å². The Morgan fingerprint density at radius 3 is 2.47 bits per heavy atom. The van der Waals surface area contributed by atoms with E-state index < -0.39 is 0 Å². The Kier molecular flexibility index (Phi) is 2.76. The summed E-state index contributed by atoms with van der Waals surface area (Å²) in [6, 6.07) is 12.2. The zero-order valence-electron chi connectivity index (χ0n) is 8.40.